The van der Waals surface area contributed by atoms with Crippen molar-refractivity contribution in [2.45, 2.75) is 33.6 Å². The van der Waals surface area contributed by atoms with E-state index in [0.717, 1.165) is 0 Å². The van der Waals surface area contributed by atoms with Gasteiger partial charge in [0, 0.05) is 19.0 Å². The third-order valence-corrected chi connectivity index (χ3v) is 3.70. The third-order valence-electron chi connectivity index (χ3n) is 3.70. The number of carboxylic acids is 1. The molecular weight excluding hydrogens is 260 g/mol. The van der Waals surface area contributed by atoms with Crippen LogP contribution in [-0.2, 0) is 14.4 Å². The van der Waals surface area contributed by atoms with Crippen LogP contribution < -0.4 is 10.6 Å². The van der Waals surface area contributed by atoms with Gasteiger partial charge >= 0.3 is 5.97 Å². The summed E-state index contributed by atoms with van der Waals surface area (Å²) in [5.74, 6) is -2.05. The zero-order valence-electron chi connectivity index (χ0n) is 12.3. The highest BCUT2D eigenvalue weighted by atomic mass is 16.4. The summed E-state index contributed by atoms with van der Waals surface area (Å²) in [6.45, 7) is 6.25. The van der Waals surface area contributed by atoms with Crippen LogP contribution in [0.1, 0.15) is 33.6 Å². The van der Waals surface area contributed by atoms with Gasteiger partial charge in [0.1, 0.15) is 0 Å². The molecule has 3 atom stereocenters. The summed E-state index contributed by atoms with van der Waals surface area (Å²) in [7, 11) is 0. The second kappa shape index (κ2) is 7.26. The molecule has 6 heteroatoms. The smallest absolute Gasteiger partial charge is 0.307 e. The Hall–Kier alpha value is -1.59. The Bertz CT molecular complexity index is 381. The van der Waals surface area contributed by atoms with Crippen molar-refractivity contribution in [3.63, 3.8) is 0 Å². The van der Waals surface area contributed by atoms with Crippen molar-refractivity contribution in [3.8, 4) is 0 Å². The van der Waals surface area contributed by atoms with Crippen molar-refractivity contribution in [3.05, 3.63) is 0 Å². The maximum atomic E-state index is 12.0. The molecule has 114 valence electrons. The molecule has 2 amide bonds. The highest BCUT2D eigenvalue weighted by Gasteiger charge is 2.40. The molecule has 0 bridgehead atoms. The van der Waals surface area contributed by atoms with E-state index in [4.69, 9.17) is 5.11 Å². The fourth-order valence-electron chi connectivity index (χ4n) is 2.56. The molecule has 0 heterocycles. The van der Waals surface area contributed by atoms with E-state index in [1.807, 2.05) is 6.92 Å². The van der Waals surface area contributed by atoms with Gasteiger partial charge in [-0.05, 0) is 18.8 Å². The van der Waals surface area contributed by atoms with E-state index in [9.17, 15) is 14.4 Å². The van der Waals surface area contributed by atoms with Gasteiger partial charge in [-0.15, -0.1) is 0 Å². The van der Waals surface area contributed by atoms with E-state index in [2.05, 4.69) is 10.6 Å². The number of rotatable bonds is 6. The molecule has 0 aromatic carbocycles. The maximum absolute atomic E-state index is 12.0. The predicted molar refractivity (Wildman–Crippen MR) is 73.9 cm³/mol. The molecule has 0 aliphatic heterocycles. The van der Waals surface area contributed by atoms with Gasteiger partial charge < -0.3 is 15.7 Å². The second-order valence-corrected chi connectivity index (χ2v) is 5.86. The van der Waals surface area contributed by atoms with Gasteiger partial charge in [0.15, 0.2) is 0 Å². The lowest BCUT2D eigenvalue weighted by Crippen LogP contribution is -2.40. The molecule has 1 aliphatic rings. The number of nitrogens with one attached hydrogen (secondary N) is 2. The molecule has 1 saturated carbocycles. The quantitative estimate of drug-likeness (QED) is 0.623. The Kier molecular flexibility index (Phi) is 5.98. The fraction of sp³-hybridized carbons (Fsp3) is 0.786. The van der Waals surface area contributed by atoms with Gasteiger partial charge in [-0.2, -0.15) is 0 Å². The highest BCUT2D eigenvalue weighted by molar-refractivity contribution is 5.85. The van der Waals surface area contributed by atoms with Crippen LogP contribution in [0.4, 0.5) is 0 Å². The molecule has 0 saturated heterocycles. The first-order chi connectivity index (χ1) is 9.32. The number of aliphatic carboxylic acids is 1. The molecular formula is C14H24N2O4. The van der Waals surface area contributed by atoms with E-state index in [1.54, 1.807) is 13.8 Å². The van der Waals surface area contributed by atoms with Crippen LogP contribution in [0.15, 0.2) is 0 Å². The van der Waals surface area contributed by atoms with Crippen LogP contribution in [0.3, 0.4) is 0 Å². The molecule has 0 spiro atoms. The topological polar surface area (TPSA) is 95.5 Å². The SMILES string of the molecule is CC1C[C@H](C(=O)NCCNC(=O)C(C)C)[C@H](C(=O)O)C1. The summed E-state index contributed by atoms with van der Waals surface area (Å²) >= 11 is 0. The van der Waals surface area contributed by atoms with Crippen molar-refractivity contribution in [2.75, 3.05) is 13.1 Å². The minimum atomic E-state index is -0.900. The van der Waals surface area contributed by atoms with E-state index in [-0.39, 0.29) is 23.7 Å². The van der Waals surface area contributed by atoms with Crippen molar-refractivity contribution < 1.29 is 19.5 Å². The number of hydrogen-bond donors (Lipinski definition) is 3. The Labute approximate surface area is 119 Å². The monoisotopic (exact) mass is 284 g/mol. The van der Waals surface area contributed by atoms with Crippen LogP contribution in [0.25, 0.3) is 0 Å². The second-order valence-electron chi connectivity index (χ2n) is 5.86. The average molecular weight is 284 g/mol. The summed E-state index contributed by atoms with van der Waals surface area (Å²) in [5.41, 5.74) is 0. The summed E-state index contributed by atoms with van der Waals surface area (Å²) in [6.07, 6.45) is 1.17. The molecule has 1 aliphatic carbocycles. The average Bonchev–Trinajstić information content (AvgIpc) is 2.76. The molecule has 20 heavy (non-hydrogen) atoms. The van der Waals surface area contributed by atoms with Crippen molar-refractivity contribution in [1.82, 2.24) is 10.6 Å². The normalized spacial score (nSPS) is 25.5. The van der Waals surface area contributed by atoms with Gasteiger partial charge in [-0.25, -0.2) is 0 Å². The molecule has 1 rings (SSSR count). The van der Waals surface area contributed by atoms with Crippen LogP contribution >= 0.6 is 0 Å². The Morgan fingerprint density at radius 1 is 1.10 bits per heavy atom. The van der Waals surface area contributed by atoms with Gasteiger partial charge in [0.2, 0.25) is 11.8 Å². The first kappa shape index (κ1) is 16.5. The Balaban J connectivity index is 2.35. The van der Waals surface area contributed by atoms with E-state index in [0.29, 0.717) is 25.9 Å². The molecule has 0 aromatic heterocycles. The zero-order chi connectivity index (χ0) is 15.3. The summed E-state index contributed by atoms with van der Waals surface area (Å²) in [6, 6.07) is 0. The predicted octanol–water partition coefficient (Wildman–Crippen LogP) is 0.622. The minimum absolute atomic E-state index is 0.0582. The largest absolute Gasteiger partial charge is 0.481 e. The Morgan fingerprint density at radius 2 is 1.65 bits per heavy atom. The Morgan fingerprint density at radius 3 is 2.20 bits per heavy atom. The van der Waals surface area contributed by atoms with E-state index >= 15 is 0 Å². The number of carbonyl (C=O) groups is 3. The number of carbonyl (C=O) groups excluding carboxylic acids is 2. The molecule has 0 aromatic rings. The van der Waals surface area contributed by atoms with Crippen molar-refractivity contribution in [2.24, 2.45) is 23.7 Å². The molecule has 1 unspecified atom stereocenters. The van der Waals surface area contributed by atoms with Gasteiger partial charge in [-0.3, -0.25) is 14.4 Å². The summed E-state index contributed by atoms with van der Waals surface area (Å²) in [5, 5.41) is 14.5. The molecule has 6 nitrogen and oxygen atoms in total. The van der Waals surface area contributed by atoms with E-state index < -0.39 is 17.8 Å². The standard InChI is InChI=1S/C14H24N2O4/c1-8(2)12(17)15-4-5-16-13(18)10-6-9(3)7-11(10)14(19)20/h8-11H,4-7H2,1-3H3,(H,15,17)(H,16,18)(H,19,20)/t9?,10-,11+/m0/s1. The maximum Gasteiger partial charge on any atom is 0.307 e. The summed E-state index contributed by atoms with van der Waals surface area (Å²) in [4.78, 5) is 34.4. The fourth-order valence-corrected chi connectivity index (χ4v) is 2.56. The van der Waals surface area contributed by atoms with Crippen molar-refractivity contribution >= 4 is 17.8 Å². The van der Waals surface area contributed by atoms with Crippen LogP contribution in [0.5, 0.6) is 0 Å². The lowest BCUT2D eigenvalue weighted by molar-refractivity contribution is -0.146. The van der Waals surface area contributed by atoms with Gasteiger partial charge in [0.05, 0.1) is 11.8 Å². The van der Waals surface area contributed by atoms with E-state index in [1.165, 1.54) is 0 Å². The molecule has 1 fully saturated rings. The molecule has 3 N–H and O–H groups in total. The zero-order valence-corrected chi connectivity index (χ0v) is 12.3. The molecule has 0 radical (unpaired) electrons. The van der Waals surface area contributed by atoms with Gasteiger partial charge in [0.25, 0.3) is 0 Å². The van der Waals surface area contributed by atoms with Crippen LogP contribution in [0.2, 0.25) is 0 Å². The minimum Gasteiger partial charge on any atom is -0.481 e. The van der Waals surface area contributed by atoms with Crippen molar-refractivity contribution in [1.29, 1.82) is 0 Å². The third kappa shape index (κ3) is 4.51. The van der Waals surface area contributed by atoms with Crippen LogP contribution in [-0.4, -0.2) is 36.0 Å². The number of amides is 2. The summed E-state index contributed by atoms with van der Waals surface area (Å²) < 4.78 is 0. The number of carboxylic acid groups (broad SMARTS) is 1. The lowest BCUT2D eigenvalue weighted by atomic mass is 9.95. The first-order valence-corrected chi connectivity index (χ1v) is 7.11. The highest BCUT2D eigenvalue weighted by Crippen LogP contribution is 2.36. The van der Waals surface area contributed by atoms with Gasteiger partial charge in [-0.1, -0.05) is 20.8 Å². The van der Waals surface area contributed by atoms with Crippen LogP contribution in [0, 0.1) is 23.7 Å². The first-order valence-electron chi connectivity index (χ1n) is 7.11. The number of hydrogen-bond acceptors (Lipinski definition) is 3. The lowest BCUT2D eigenvalue weighted by Gasteiger charge is -2.16.